The lowest BCUT2D eigenvalue weighted by Crippen LogP contribution is -2.37. The van der Waals surface area contributed by atoms with E-state index in [1.165, 1.54) is 25.7 Å². The SMILES string of the molecule is CC(CN)CN(C)C(=O)C1CCCCCC1. The summed E-state index contributed by atoms with van der Waals surface area (Å²) in [6.45, 7) is 3.55. The Balaban J connectivity index is 2.41. The van der Waals surface area contributed by atoms with E-state index in [-0.39, 0.29) is 5.92 Å². The Morgan fingerprint density at radius 1 is 1.31 bits per heavy atom. The van der Waals surface area contributed by atoms with Gasteiger partial charge in [0.05, 0.1) is 0 Å². The highest BCUT2D eigenvalue weighted by Gasteiger charge is 2.23. The molecule has 0 radical (unpaired) electrons. The number of nitrogens with two attached hydrogens (primary N) is 1. The first-order chi connectivity index (χ1) is 7.65. The maximum atomic E-state index is 12.2. The molecule has 3 nitrogen and oxygen atoms in total. The summed E-state index contributed by atoms with van der Waals surface area (Å²) < 4.78 is 0. The van der Waals surface area contributed by atoms with Crippen molar-refractivity contribution in [2.45, 2.75) is 45.4 Å². The van der Waals surface area contributed by atoms with Crippen molar-refractivity contribution < 1.29 is 4.79 Å². The second-order valence-corrected chi connectivity index (χ2v) is 5.25. The van der Waals surface area contributed by atoms with Crippen molar-refractivity contribution >= 4 is 5.91 Å². The fourth-order valence-electron chi connectivity index (χ4n) is 2.47. The molecule has 1 atom stereocenters. The molecule has 0 aromatic heterocycles. The van der Waals surface area contributed by atoms with Gasteiger partial charge >= 0.3 is 0 Å². The molecule has 3 heteroatoms. The van der Waals surface area contributed by atoms with E-state index in [2.05, 4.69) is 6.92 Å². The van der Waals surface area contributed by atoms with Gasteiger partial charge in [-0.05, 0) is 25.3 Å². The van der Waals surface area contributed by atoms with Gasteiger partial charge in [0, 0.05) is 19.5 Å². The molecule has 1 fully saturated rings. The molecule has 0 aliphatic heterocycles. The van der Waals surface area contributed by atoms with Crippen molar-refractivity contribution in [1.29, 1.82) is 0 Å². The number of hydrogen-bond acceptors (Lipinski definition) is 2. The normalized spacial score (nSPS) is 20.2. The first-order valence-corrected chi connectivity index (χ1v) is 6.60. The van der Waals surface area contributed by atoms with E-state index in [1.807, 2.05) is 11.9 Å². The van der Waals surface area contributed by atoms with E-state index >= 15 is 0 Å². The van der Waals surface area contributed by atoms with Crippen LogP contribution in [0.5, 0.6) is 0 Å². The van der Waals surface area contributed by atoms with Crippen LogP contribution in [-0.2, 0) is 4.79 Å². The van der Waals surface area contributed by atoms with Crippen molar-refractivity contribution in [1.82, 2.24) is 4.90 Å². The third-order valence-corrected chi connectivity index (χ3v) is 3.57. The van der Waals surface area contributed by atoms with Crippen molar-refractivity contribution in [3.05, 3.63) is 0 Å². The van der Waals surface area contributed by atoms with Crippen LogP contribution in [0.4, 0.5) is 0 Å². The first-order valence-electron chi connectivity index (χ1n) is 6.60. The minimum absolute atomic E-state index is 0.275. The van der Waals surface area contributed by atoms with E-state index in [0.717, 1.165) is 19.4 Å². The zero-order valence-electron chi connectivity index (χ0n) is 10.7. The van der Waals surface area contributed by atoms with E-state index < -0.39 is 0 Å². The molecule has 1 rings (SSSR count). The fraction of sp³-hybridized carbons (Fsp3) is 0.923. The van der Waals surface area contributed by atoms with Gasteiger partial charge in [-0.2, -0.15) is 0 Å². The fourth-order valence-corrected chi connectivity index (χ4v) is 2.47. The lowest BCUT2D eigenvalue weighted by molar-refractivity contribution is -0.135. The van der Waals surface area contributed by atoms with Crippen LogP contribution in [0.2, 0.25) is 0 Å². The Bertz CT molecular complexity index is 210. The summed E-state index contributed by atoms with van der Waals surface area (Å²) in [7, 11) is 1.92. The Kier molecular flexibility index (Phi) is 5.81. The van der Waals surface area contributed by atoms with Crippen LogP contribution in [0.3, 0.4) is 0 Å². The molecular weight excluding hydrogens is 200 g/mol. The molecule has 0 heterocycles. The third-order valence-electron chi connectivity index (χ3n) is 3.57. The standard InChI is InChI=1S/C13H26N2O/c1-11(9-14)10-15(2)13(16)12-7-5-3-4-6-8-12/h11-12H,3-10,14H2,1-2H3. The summed E-state index contributed by atoms with van der Waals surface area (Å²) in [6, 6.07) is 0. The van der Waals surface area contributed by atoms with Crippen LogP contribution >= 0.6 is 0 Å². The van der Waals surface area contributed by atoms with Crippen molar-refractivity contribution in [2.24, 2.45) is 17.6 Å². The molecule has 0 spiro atoms. The largest absolute Gasteiger partial charge is 0.345 e. The Hall–Kier alpha value is -0.570. The lowest BCUT2D eigenvalue weighted by Gasteiger charge is -2.25. The number of amides is 1. The highest BCUT2D eigenvalue weighted by atomic mass is 16.2. The van der Waals surface area contributed by atoms with Gasteiger partial charge in [-0.1, -0.05) is 32.6 Å². The van der Waals surface area contributed by atoms with Crippen molar-refractivity contribution in [3.8, 4) is 0 Å². The predicted molar refractivity (Wildman–Crippen MR) is 67.0 cm³/mol. The van der Waals surface area contributed by atoms with Gasteiger partial charge < -0.3 is 10.6 Å². The Morgan fingerprint density at radius 3 is 2.38 bits per heavy atom. The second kappa shape index (κ2) is 6.89. The summed E-state index contributed by atoms with van der Waals surface area (Å²) in [5.41, 5.74) is 5.59. The zero-order chi connectivity index (χ0) is 12.0. The highest BCUT2D eigenvalue weighted by Crippen LogP contribution is 2.24. The summed E-state index contributed by atoms with van der Waals surface area (Å²) in [4.78, 5) is 14.1. The molecule has 0 aromatic rings. The molecule has 94 valence electrons. The summed E-state index contributed by atoms with van der Waals surface area (Å²) >= 11 is 0. The van der Waals surface area contributed by atoms with E-state index in [0.29, 0.717) is 18.4 Å². The van der Waals surface area contributed by atoms with Gasteiger partial charge in [-0.15, -0.1) is 0 Å². The molecule has 0 saturated heterocycles. The first kappa shape index (κ1) is 13.5. The van der Waals surface area contributed by atoms with Gasteiger partial charge in [-0.3, -0.25) is 4.79 Å². The van der Waals surface area contributed by atoms with Crippen LogP contribution < -0.4 is 5.73 Å². The van der Waals surface area contributed by atoms with Gasteiger partial charge in [0.2, 0.25) is 5.91 Å². The molecule has 2 N–H and O–H groups in total. The average molecular weight is 226 g/mol. The number of rotatable bonds is 4. The topological polar surface area (TPSA) is 46.3 Å². The highest BCUT2D eigenvalue weighted by molar-refractivity contribution is 5.78. The number of carbonyl (C=O) groups is 1. The van der Waals surface area contributed by atoms with E-state index in [4.69, 9.17) is 5.73 Å². The van der Waals surface area contributed by atoms with Crippen LogP contribution in [0.1, 0.15) is 45.4 Å². The van der Waals surface area contributed by atoms with E-state index in [1.54, 1.807) is 0 Å². The van der Waals surface area contributed by atoms with Gasteiger partial charge in [0.1, 0.15) is 0 Å². The molecule has 1 unspecified atom stereocenters. The third kappa shape index (κ3) is 4.12. The second-order valence-electron chi connectivity index (χ2n) is 5.25. The molecule has 1 aliphatic rings. The van der Waals surface area contributed by atoms with E-state index in [9.17, 15) is 4.79 Å². The van der Waals surface area contributed by atoms with Crippen LogP contribution in [0.25, 0.3) is 0 Å². The molecule has 1 saturated carbocycles. The maximum absolute atomic E-state index is 12.2. The molecular formula is C13H26N2O. The predicted octanol–water partition coefficient (Wildman–Crippen LogP) is 2.01. The van der Waals surface area contributed by atoms with Crippen molar-refractivity contribution in [3.63, 3.8) is 0 Å². The molecule has 16 heavy (non-hydrogen) atoms. The van der Waals surface area contributed by atoms with Gasteiger partial charge in [0.15, 0.2) is 0 Å². The maximum Gasteiger partial charge on any atom is 0.225 e. The molecule has 0 aromatic carbocycles. The van der Waals surface area contributed by atoms with Crippen LogP contribution in [0, 0.1) is 11.8 Å². The number of carbonyl (C=O) groups excluding carboxylic acids is 1. The molecule has 1 aliphatic carbocycles. The molecule has 1 amide bonds. The minimum atomic E-state index is 0.275. The molecule has 0 bridgehead atoms. The Morgan fingerprint density at radius 2 is 1.88 bits per heavy atom. The monoisotopic (exact) mass is 226 g/mol. The summed E-state index contributed by atoms with van der Waals surface area (Å²) in [5, 5.41) is 0. The average Bonchev–Trinajstić information content (AvgIpc) is 2.56. The quantitative estimate of drug-likeness (QED) is 0.745. The van der Waals surface area contributed by atoms with Crippen LogP contribution in [-0.4, -0.2) is 30.9 Å². The zero-order valence-corrected chi connectivity index (χ0v) is 10.7. The number of hydrogen-bond donors (Lipinski definition) is 1. The number of nitrogens with zero attached hydrogens (tertiary/aromatic N) is 1. The minimum Gasteiger partial charge on any atom is -0.345 e. The van der Waals surface area contributed by atoms with Crippen molar-refractivity contribution in [2.75, 3.05) is 20.1 Å². The van der Waals surface area contributed by atoms with Crippen LogP contribution in [0.15, 0.2) is 0 Å². The lowest BCUT2D eigenvalue weighted by atomic mass is 9.98. The van der Waals surface area contributed by atoms with Gasteiger partial charge in [-0.25, -0.2) is 0 Å². The summed E-state index contributed by atoms with van der Waals surface area (Å²) in [6.07, 6.45) is 7.20. The summed E-state index contributed by atoms with van der Waals surface area (Å²) in [5.74, 6) is 1.01. The smallest absolute Gasteiger partial charge is 0.225 e. The van der Waals surface area contributed by atoms with Gasteiger partial charge in [0.25, 0.3) is 0 Å². The Labute approximate surface area is 99.4 Å².